The van der Waals surface area contributed by atoms with Gasteiger partial charge in [-0.25, -0.2) is 0 Å². The van der Waals surface area contributed by atoms with Crippen molar-refractivity contribution in [1.29, 1.82) is 0 Å². The van der Waals surface area contributed by atoms with Gasteiger partial charge in [-0.3, -0.25) is 4.55 Å². The third kappa shape index (κ3) is 9.18. The first-order chi connectivity index (χ1) is 14.4. The van der Waals surface area contributed by atoms with Gasteiger partial charge in [0, 0.05) is 18.2 Å². The molecule has 2 aromatic rings. The Morgan fingerprint density at radius 3 is 2.07 bits per heavy atom. The molecular formula is C24H34O5S. The summed E-state index contributed by atoms with van der Waals surface area (Å²) in [7, 11) is -4.42. The first-order valence-corrected chi connectivity index (χ1v) is 12.4. The van der Waals surface area contributed by atoms with E-state index in [1.54, 1.807) is 6.07 Å². The second-order valence-electron chi connectivity index (χ2n) is 7.82. The number of phenolic OH excluding ortho intramolecular Hbond substituents is 1. The van der Waals surface area contributed by atoms with E-state index in [-0.39, 0.29) is 11.5 Å². The Kier molecular flexibility index (Phi) is 10.2. The van der Waals surface area contributed by atoms with Gasteiger partial charge in [0.05, 0.1) is 0 Å². The molecule has 0 fully saturated rings. The highest BCUT2D eigenvalue weighted by molar-refractivity contribution is 7.85. The second-order valence-corrected chi connectivity index (χ2v) is 9.24. The number of benzene rings is 2. The van der Waals surface area contributed by atoms with Crippen molar-refractivity contribution >= 4 is 10.1 Å². The topological polar surface area (TPSA) is 83.8 Å². The zero-order valence-electron chi connectivity index (χ0n) is 17.8. The van der Waals surface area contributed by atoms with E-state index in [0.717, 1.165) is 24.5 Å². The Morgan fingerprint density at radius 2 is 1.43 bits per heavy atom. The lowest BCUT2D eigenvalue weighted by molar-refractivity contribution is 0.446. The summed E-state index contributed by atoms with van der Waals surface area (Å²) < 4.78 is 37.5. The molecule has 5 nitrogen and oxygen atoms in total. The number of phenols is 1. The molecule has 0 saturated heterocycles. The summed E-state index contributed by atoms with van der Waals surface area (Å²) in [6, 6.07) is 11.1. The fourth-order valence-corrected chi connectivity index (χ4v) is 4.02. The fraction of sp³-hybridized carbons (Fsp3) is 0.500. The van der Waals surface area contributed by atoms with E-state index in [1.165, 1.54) is 69.9 Å². The Balaban J connectivity index is 1.77. The summed E-state index contributed by atoms with van der Waals surface area (Å²) in [4.78, 5) is -0.404. The third-order valence-electron chi connectivity index (χ3n) is 5.12. The van der Waals surface area contributed by atoms with Gasteiger partial charge in [-0.2, -0.15) is 8.42 Å². The second kappa shape index (κ2) is 12.6. The molecule has 0 spiro atoms. The molecule has 2 rings (SSSR count). The van der Waals surface area contributed by atoms with Crippen LogP contribution in [0, 0.1) is 0 Å². The molecule has 0 aliphatic heterocycles. The van der Waals surface area contributed by atoms with Crippen LogP contribution < -0.4 is 4.74 Å². The average Bonchev–Trinajstić information content (AvgIpc) is 2.68. The van der Waals surface area contributed by atoms with Gasteiger partial charge in [-0.1, -0.05) is 76.8 Å². The summed E-state index contributed by atoms with van der Waals surface area (Å²) in [6.45, 7) is 2.24. The molecule has 0 atom stereocenters. The lowest BCUT2D eigenvalue weighted by atomic mass is 10.0. The number of aromatic hydroxyl groups is 1. The highest BCUT2D eigenvalue weighted by Crippen LogP contribution is 2.29. The standard InChI is InChI=1S/C24H34O5S/c1-2-3-4-5-6-7-8-9-10-11-13-20-14-12-15-22(16-20)29-23-17-21(25)18-24(19-23)30(26,27)28/h12,14-19,25H,2-11,13H2,1H3,(H,26,27,28). The van der Waals surface area contributed by atoms with Crippen LogP contribution in [0.3, 0.4) is 0 Å². The maximum Gasteiger partial charge on any atom is 0.294 e. The molecule has 0 heterocycles. The van der Waals surface area contributed by atoms with Crippen LogP contribution in [0.1, 0.15) is 76.7 Å². The molecule has 2 aromatic carbocycles. The van der Waals surface area contributed by atoms with Gasteiger partial charge in [0.1, 0.15) is 22.1 Å². The van der Waals surface area contributed by atoms with Crippen LogP contribution in [0.2, 0.25) is 0 Å². The normalized spacial score (nSPS) is 11.5. The molecule has 6 heteroatoms. The van der Waals surface area contributed by atoms with E-state index < -0.39 is 15.0 Å². The molecule has 0 aliphatic carbocycles. The lowest BCUT2D eigenvalue weighted by Crippen LogP contribution is -1.98. The van der Waals surface area contributed by atoms with E-state index in [1.807, 2.05) is 18.2 Å². The van der Waals surface area contributed by atoms with Gasteiger partial charge in [-0.05, 0) is 30.5 Å². The van der Waals surface area contributed by atoms with Crippen molar-refractivity contribution in [2.75, 3.05) is 0 Å². The minimum atomic E-state index is -4.42. The monoisotopic (exact) mass is 434 g/mol. The van der Waals surface area contributed by atoms with Crippen LogP contribution in [0.25, 0.3) is 0 Å². The molecule has 0 bridgehead atoms. The fourth-order valence-electron chi connectivity index (χ4n) is 3.48. The predicted molar refractivity (Wildman–Crippen MR) is 120 cm³/mol. The molecule has 0 radical (unpaired) electrons. The summed E-state index contributed by atoms with van der Waals surface area (Å²) in [5.74, 6) is 0.423. The van der Waals surface area contributed by atoms with Crippen molar-refractivity contribution in [1.82, 2.24) is 0 Å². The molecule has 166 valence electrons. The number of unbranched alkanes of at least 4 members (excludes halogenated alkanes) is 9. The Hall–Kier alpha value is -2.05. The minimum absolute atomic E-state index is 0.152. The van der Waals surface area contributed by atoms with Gasteiger partial charge >= 0.3 is 0 Å². The SMILES string of the molecule is CCCCCCCCCCCCc1cccc(Oc2cc(O)cc(S(=O)(=O)O)c2)c1. The number of aryl methyl sites for hydroxylation is 1. The molecular weight excluding hydrogens is 400 g/mol. The van der Waals surface area contributed by atoms with Crippen molar-refractivity contribution in [3.05, 3.63) is 48.0 Å². The Morgan fingerprint density at radius 1 is 0.800 bits per heavy atom. The van der Waals surface area contributed by atoms with Crippen molar-refractivity contribution in [2.24, 2.45) is 0 Å². The van der Waals surface area contributed by atoms with Gasteiger partial charge < -0.3 is 9.84 Å². The van der Waals surface area contributed by atoms with Crippen LogP contribution >= 0.6 is 0 Å². The number of rotatable bonds is 14. The van der Waals surface area contributed by atoms with Crippen molar-refractivity contribution in [3.8, 4) is 17.2 Å². The third-order valence-corrected chi connectivity index (χ3v) is 5.95. The molecule has 0 aromatic heterocycles. The van der Waals surface area contributed by atoms with Crippen molar-refractivity contribution in [2.45, 2.75) is 82.4 Å². The Labute approximate surface area is 180 Å². The highest BCUT2D eigenvalue weighted by atomic mass is 32.2. The van der Waals surface area contributed by atoms with Crippen molar-refractivity contribution in [3.63, 3.8) is 0 Å². The maximum absolute atomic E-state index is 11.3. The van der Waals surface area contributed by atoms with E-state index in [2.05, 4.69) is 6.92 Å². The van der Waals surface area contributed by atoms with E-state index in [0.29, 0.717) is 5.75 Å². The summed E-state index contributed by atoms with van der Waals surface area (Å²) in [5, 5.41) is 9.69. The van der Waals surface area contributed by atoms with Crippen molar-refractivity contribution < 1.29 is 22.8 Å². The van der Waals surface area contributed by atoms with Gasteiger partial charge in [0.25, 0.3) is 10.1 Å². The summed E-state index contributed by atoms with van der Waals surface area (Å²) >= 11 is 0. The first kappa shape index (κ1) is 24.2. The van der Waals surface area contributed by atoms with Crippen LogP contribution in [0.15, 0.2) is 47.4 Å². The number of ether oxygens (including phenoxy) is 1. The predicted octanol–water partition coefficient (Wildman–Crippen LogP) is 6.89. The molecule has 0 amide bonds. The van der Waals surface area contributed by atoms with E-state index >= 15 is 0 Å². The lowest BCUT2D eigenvalue weighted by Gasteiger charge is -2.09. The van der Waals surface area contributed by atoms with Crippen LogP contribution in [0.4, 0.5) is 0 Å². The van der Waals surface area contributed by atoms with E-state index in [9.17, 15) is 18.1 Å². The summed E-state index contributed by atoms with van der Waals surface area (Å²) in [6.07, 6.45) is 14.0. The molecule has 30 heavy (non-hydrogen) atoms. The van der Waals surface area contributed by atoms with E-state index in [4.69, 9.17) is 4.74 Å². The number of hydrogen-bond acceptors (Lipinski definition) is 4. The average molecular weight is 435 g/mol. The molecule has 0 aliphatic rings. The van der Waals surface area contributed by atoms with Crippen LogP contribution in [-0.2, 0) is 16.5 Å². The molecule has 2 N–H and O–H groups in total. The van der Waals surface area contributed by atoms with Gasteiger partial charge in [0.2, 0.25) is 0 Å². The van der Waals surface area contributed by atoms with Crippen LogP contribution in [-0.4, -0.2) is 18.1 Å². The maximum atomic E-state index is 11.3. The smallest absolute Gasteiger partial charge is 0.294 e. The number of hydrogen-bond donors (Lipinski definition) is 2. The van der Waals surface area contributed by atoms with Gasteiger partial charge in [-0.15, -0.1) is 0 Å². The molecule has 0 unspecified atom stereocenters. The van der Waals surface area contributed by atoms with Gasteiger partial charge in [0.15, 0.2) is 0 Å². The molecule has 0 saturated carbocycles. The Bertz CT molecular complexity index is 877. The first-order valence-electron chi connectivity index (χ1n) is 11.0. The highest BCUT2D eigenvalue weighted by Gasteiger charge is 2.13. The minimum Gasteiger partial charge on any atom is -0.508 e. The van der Waals surface area contributed by atoms with Crippen LogP contribution in [0.5, 0.6) is 17.2 Å². The summed E-state index contributed by atoms with van der Waals surface area (Å²) in [5.41, 5.74) is 1.15. The zero-order valence-corrected chi connectivity index (χ0v) is 18.7. The largest absolute Gasteiger partial charge is 0.508 e. The quantitative estimate of drug-likeness (QED) is 0.250. The zero-order chi connectivity index (χ0) is 21.8.